The lowest BCUT2D eigenvalue weighted by Crippen LogP contribution is -2.25. The number of nitrogens with zero attached hydrogens (tertiary/aromatic N) is 1. The molecular weight excluding hydrogens is 280 g/mol. The number of carboxylic acid groups (broad SMARTS) is 1. The summed E-state index contributed by atoms with van der Waals surface area (Å²) in [5, 5.41) is 22.7. The van der Waals surface area contributed by atoms with Gasteiger partial charge in [0.05, 0.1) is 24.1 Å². The third-order valence-corrected chi connectivity index (χ3v) is 2.74. The van der Waals surface area contributed by atoms with Gasteiger partial charge in [-0.1, -0.05) is 6.07 Å². The minimum absolute atomic E-state index is 0.138. The summed E-state index contributed by atoms with van der Waals surface area (Å²) < 4.78 is 10.2. The molecule has 1 unspecified atom stereocenters. The van der Waals surface area contributed by atoms with Gasteiger partial charge in [0.15, 0.2) is 5.75 Å². The van der Waals surface area contributed by atoms with E-state index in [1.807, 2.05) is 0 Å². The zero-order chi connectivity index (χ0) is 15.8. The van der Waals surface area contributed by atoms with Crippen LogP contribution in [0.4, 0.5) is 11.4 Å². The van der Waals surface area contributed by atoms with Crippen LogP contribution in [0, 0.1) is 10.1 Å². The van der Waals surface area contributed by atoms with Gasteiger partial charge in [-0.05, 0) is 19.1 Å². The second-order valence-electron chi connectivity index (χ2n) is 4.18. The Bertz CT molecular complexity index is 505. The number of ether oxygens (including phenoxy) is 2. The van der Waals surface area contributed by atoms with Gasteiger partial charge >= 0.3 is 11.7 Å². The molecule has 0 radical (unpaired) electrons. The molecule has 0 amide bonds. The van der Waals surface area contributed by atoms with E-state index in [1.54, 1.807) is 13.0 Å². The van der Waals surface area contributed by atoms with Gasteiger partial charge in [-0.25, -0.2) is 0 Å². The van der Waals surface area contributed by atoms with E-state index in [0.717, 1.165) is 0 Å². The van der Waals surface area contributed by atoms with Crippen molar-refractivity contribution in [1.29, 1.82) is 0 Å². The van der Waals surface area contributed by atoms with Crippen LogP contribution in [-0.2, 0) is 9.53 Å². The lowest BCUT2D eigenvalue weighted by molar-refractivity contribution is -0.384. The number of carboxylic acids is 1. The third-order valence-electron chi connectivity index (χ3n) is 2.74. The number of para-hydroxylation sites is 1. The molecule has 8 heteroatoms. The second kappa shape index (κ2) is 8.05. The van der Waals surface area contributed by atoms with Crippen molar-refractivity contribution in [2.24, 2.45) is 0 Å². The number of benzene rings is 1. The standard InChI is InChI=1S/C13H18N2O6/c1-3-21-11-6-4-5-10(13(11)15(18)19)14-8-9(20-2)7-12(16)17/h4-6,9,14H,3,7-8H2,1-2H3,(H,16,17). The van der Waals surface area contributed by atoms with E-state index in [0.29, 0.717) is 6.61 Å². The smallest absolute Gasteiger partial charge is 0.333 e. The summed E-state index contributed by atoms with van der Waals surface area (Å²) in [6, 6.07) is 4.67. The second-order valence-corrected chi connectivity index (χ2v) is 4.18. The fourth-order valence-electron chi connectivity index (χ4n) is 1.78. The molecule has 0 aliphatic carbocycles. The Balaban J connectivity index is 2.89. The highest BCUT2D eigenvalue weighted by Crippen LogP contribution is 2.34. The topological polar surface area (TPSA) is 111 Å². The average Bonchev–Trinajstić information content (AvgIpc) is 2.43. The van der Waals surface area contributed by atoms with Crippen molar-refractivity contribution in [1.82, 2.24) is 0 Å². The highest BCUT2D eigenvalue weighted by molar-refractivity contribution is 5.69. The minimum atomic E-state index is -0.999. The molecule has 2 N–H and O–H groups in total. The van der Waals surface area contributed by atoms with E-state index in [1.165, 1.54) is 19.2 Å². The third kappa shape index (κ3) is 4.92. The van der Waals surface area contributed by atoms with Crippen LogP contribution in [0.15, 0.2) is 18.2 Å². The van der Waals surface area contributed by atoms with Crippen molar-refractivity contribution in [2.75, 3.05) is 25.6 Å². The molecule has 0 aromatic heterocycles. The van der Waals surface area contributed by atoms with Crippen LogP contribution < -0.4 is 10.1 Å². The first-order chi connectivity index (χ1) is 9.99. The number of nitro groups is 1. The summed E-state index contributed by atoms with van der Waals surface area (Å²) in [6.07, 6.45) is -0.777. The molecule has 21 heavy (non-hydrogen) atoms. The Morgan fingerprint density at radius 3 is 2.76 bits per heavy atom. The van der Waals surface area contributed by atoms with Gasteiger partial charge < -0.3 is 19.9 Å². The normalized spacial score (nSPS) is 11.7. The van der Waals surface area contributed by atoms with E-state index in [4.69, 9.17) is 14.6 Å². The van der Waals surface area contributed by atoms with Gasteiger partial charge in [-0.2, -0.15) is 0 Å². The maximum absolute atomic E-state index is 11.2. The largest absolute Gasteiger partial charge is 0.487 e. The molecule has 1 rings (SSSR count). The number of carbonyl (C=O) groups is 1. The van der Waals surface area contributed by atoms with Crippen molar-refractivity contribution in [3.63, 3.8) is 0 Å². The van der Waals surface area contributed by atoms with Crippen LogP contribution in [0.2, 0.25) is 0 Å². The fraction of sp³-hybridized carbons (Fsp3) is 0.462. The van der Waals surface area contributed by atoms with Gasteiger partial charge in [-0.15, -0.1) is 0 Å². The van der Waals surface area contributed by atoms with Crippen LogP contribution in [0.3, 0.4) is 0 Å². The number of hydrogen-bond donors (Lipinski definition) is 2. The lowest BCUT2D eigenvalue weighted by Gasteiger charge is -2.15. The molecule has 1 aromatic rings. The molecule has 0 saturated heterocycles. The zero-order valence-electron chi connectivity index (χ0n) is 11.9. The minimum Gasteiger partial charge on any atom is -0.487 e. The molecule has 0 heterocycles. The zero-order valence-corrected chi connectivity index (χ0v) is 11.9. The number of hydrogen-bond acceptors (Lipinski definition) is 6. The Kier molecular flexibility index (Phi) is 6.41. The molecule has 0 spiro atoms. The predicted molar refractivity (Wildman–Crippen MR) is 75.8 cm³/mol. The first kappa shape index (κ1) is 16.7. The quantitative estimate of drug-likeness (QED) is 0.529. The number of nitrogens with one attached hydrogen (secondary N) is 1. The van der Waals surface area contributed by atoms with E-state index < -0.39 is 17.0 Å². The maximum Gasteiger partial charge on any atom is 0.333 e. The van der Waals surface area contributed by atoms with Crippen LogP contribution >= 0.6 is 0 Å². The summed E-state index contributed by atoms with van der Waals surface area (Å²) in [5.41, 5.74) is 0.0860. The molecule has 0 aliphatic rings. The highest BCUT2D eigenvalue weighted by atomic mass is 16.6. The van der Waals surface area contributed by atoms with Crippen molar-refractivity contribution in [3.05, 3.63) is 28.3 Å². The molecule has 1 atom stereocenters. The summed E-state index contributed by atoms with van der Waals surface area (Å²) in [4.78, 5) is 21.3. The van der Waals surface area contributed by atoms with Gasteiger partial charge in [0.25, 0.3) is 0 Å². The fourth-order valence-corrected chi connectivity index (χ4v) is 1.78. The van der Waals surface area contributed by atoms with Crippen molar-refractivity contribution in [3.8, 4) is 5.75 Å². The predicted octanol–water partition coefficient (Wildman–Crippen LogP) is 1.90. The number of anilines is 1. The van der Waals surface area contributed by atoms with Crippen LogP contribution in [0.25, 0.3) is 0 Å². The number of nitro benzene ring substituents is 1. The number of methoxy groups -OCH3 is 1. The van der Waals surface area contributed by atoms with Crippen LogP contribution in [-0.4, -0.2) is 42.4 Å². The van der Waals surface area contributed by atoms with Gasteiger partial charge in [0.2, 0.25) is 0 Å². The molecule has 0 aliphatic heterocycles. The Morgan fingerprint density at radius 1 is 1.52 bits per heavy atom. The first-order valence-corrected chi connectivity index (χ1v) is 6.38. The molecule has 8 nitrogen and oxygen atoms in total. The van der Waals surface area contributed by atoms with Gasteiger partial charge in [0.1, 0.15) is 5.69 Å². The Labute approximate surface area is 121 Å². The van der Waals surface area contributed by atoms with Gasteiger partial charge in [0, 0.05) is 13.7 Å². The number of rotatable bonds is 9. The van der Waals surface area contributed by atoms with Crippen LogP contribution in [0.5, 0.6) is 5.75 Å². The highest BCUT2D eigenvalue weighted by Gasteiger charge is 2.22. The van der Waals surface area contributed by atoms with E-state index in [2.05, 4.69) is 5.32 Å². The Morgan fingerprint density at radius 2 is 2.24 bits per heavy atom. The average molecular weight is 298 g/mol. The first-order valence-electron chi connectivity index (χ1n) is 6.38. The molecule has 0 saturated carbocycles. The van der Waals surface area contributed by atoms with Crippen molar-refractivity contribution < 1.29 is 24.3 Å². The summed E-state index contributed by atoms with van der Waals surface area (Å²) in [5.74, 6) is -0.832. The lowest BCUT2D eigenvalue weighted by atomic mass is 10.2. The molecular formula is C13H18N2O6. The SMILES string of the molecule is CCOc1cccc(NCC(CC(=O)O)OC)c1[N+](=O)[O-]. The van der Waals surface area contributed by atoms with E-state index in [-0.39, 0.29) is 30.1 Å². The summed E-state index contributed by atoms with van der Waals surface area (Å²) >= 11 is 0. The number of aliphatic carboxylic acids is 1. The molecule has 0 fully saturated rings. The summed E-state index contributed by atoms with van der Waals surface area (Å²) in [7, 11) is 1.39. The molecule has 0 bridgehead atoms. The maximum atomic E-state index is 11.2. The van der Waals surface area contributed by atoms with E-state index in [9.17, 15) is 14.9 Å². The van der Waals surface area contributed by atoms with Crippen LogP contribution in [0.1, 0.15) is 13.3 Å². The monoisotopic (exact) mass is 298 g/mol. The van der Waals surface area contributed by atoms with Gasteiger partial charge in [-0.3, -0.25) is 14.9 Å². The molecule has 1 aromatic carbocycles. The Hall–Kier alpha value is -2.35. The van der Waals surface area contributed by atoms with Crippen molar-refractivity contribution in [2.45, 2.75) is 19.4 Å². The van der Waals surface area contributed by atoms with Crippen molar-refractivity contribution >= 4 is 17.3 Å². The molecule has 116 valence electrons. The summed E-state index contributed by atoms with van der Waals surface area (Å²) in [6.45, 7) is 2.18. The van der Waals surface area contributed by atoms with E-state index >= 15 is 0 Å².